The molecule has 0 radical (unpaired) electrons. The molecule has 0 atom stereocenters. The Morgan fingerprint density at radius 2 is 2.38 bits per heavy atom. The lowest BCUT2D eigenvalue weighted by Crippen LogP contribution is -2.10. The van der Waals surface area contributed by atoms with Gasteiger partial charge >= 0.3 is 5.69 Å². The number of nitrogens with zero attached hydrogens (tertiary/aromatic N) is 1. The fourth-order valence-electron chi connectivity index (χ4n) is 1.20. The molecular weight excluding hydrogens is 210 g/mol. The summed E-state index contributed by atoms with van der Waals surface area (Å²) in [6.45, 7) is 3.88. The smallest absolute Gasteiger partial charge is 0.335 e. The number of para-hydroxylation sites is 1. The number of nitrogens with two attached hydrogens (primary N) is 1. The molecule has 0 aliphatic rings. The summed E-state index contributed by atoms with van der Waals surface area (Å²) < 4.78 is 5.27. The summed E-state index contributed by atoms with van der Waals surface area (Å²) in [5.41, 5.74) is 2.33. The van der Waals surface area contributed by atoms with Gasteiger partial charge in [-0.05, 0) is 18.6 Å². The predicted molar refractivity (Wildman–Crippen MR) is 61.2 cm³/mol. The predicted octanol–water partition coefficient (Wildman–Crippen LogP) is 1.84. The van der Waals surface area contributed by atoms with Crippen LogP contribution in [0.3, 0.4) is 0 Å². The third-order valence-electron chi connectivity index (χ3n) is 1.92. The zero-order chi connectivity index (χ0) is 12.0. The number of hydrogen-bond donors (Lipinski definition) is 2. The van der Waals surface area contributed by atoms with Crippen LogP contribution in [-0.4, -0.2) is 11.5 Å². The van der Waals surface area contributed by atoms with Gasteiger partial charge < -0.3 is 10.2 Å². The Hall–Kier alpha value is -2.08. The van der Waals surface area contributed by atoms with E-state index >= 15 is 0 Å². The molecule has 0 aliphatic heterocycles. The Bertz CT molecular complexity index is 393. The molecule has 0 heterocycles. The van der Waals surface area contributed by atoms with Crippen LogP contribution in [-0.2, 0) is 0 Å². The standard InChI is InChI=1S/C10H13N3O3/c1-2-3-7-16-9-6-4-5-8(12-11)10(9)13(14)15/h2,4-6,12H,1,3,7,11H2. The summed E-state index contributed by atoms with van der Waals surface area (Å²) in [5, 5.41) is 10.8. The van der Waals surface area contributed by atoms with Crippen LogP contribution in [0, 0.1) is 10.1 Å². The molecule has 1 rings (SSSR count). The van der Waals surface area contributed by atoms with Gasteiger partial charge in [0.2, 0.25) is 0 Å². The van der Waals surface area contributed by atoms with Gasteiger partial charge in [0.05, 0.1) is 11.5 Å². The van der Waals surface area contributed by atoms with E-state index in [1.807, 2.05) is 0 Å². The molecule has 0 bridgehead atoms. The average molecular weight is 223 g/mol. The second-order valence-corrected chi connectivity index (χ2v) is 2.98. The Kier molecular flexibility index (Phi) is 4.28. The largest absolute Gasteiger partial charge is 0.486 e. The number of hydrogen-bond acceptors (Lipinski definition) is 5. The van der Waals surface area contributed by atoms with Crippen LogP contribution in [0.25, 0.3) is 0 Å². The first-order chi connectivity index (χ1) is 7.70. The Morgan fingerprint density at radius 3 is 2.94 bits per heavy atom. The summed E-state index contributed by atoms with van der Waals surface area (Å²) in [6, 6.07) is 4.67. The van der Waals surface area contributed by atoms with Crippen LogP contribution >= 0.6 is 0 Å². The molecule has 0 saturated carbocycles. The SMILES string of the molecule is C=CCCOc1cccc(NN)c1[N+](=O)[O-]. The zero-order valence-corrected chi connectivity index (χ0v) is 8.68. The van der Waals surface area contributed by atoms with Crippen molar-refractivity contribution in [1.29, 1.82) is 0 Å². The third-order valence-corrected chi connectivity index (χ3v) is 1.92. The topological polar surface area (TPSA) is 90.4 Å². The number of ether oxygens (including phenoxy) is 1. The van der Waals surface area contributed by atoms with Crippen molar-refractivity contribution in [3.63, 3.8) is 0 Å². The lowest BCUT2D eigenvalue weighted by Gasteiger charge is -2.08. The molecule has 86 valence electrons. The molecule has 0 fully saturated rings. The monoisotopic (exact) mass is 223 g/mol. The van der Waals surface area contributed by atoms with Crippen LogP contribution in [0.15, 0.2) is 30.9 Å². The van der Waals surface area contributed by atoms with Gasteiger partial charge in [-0.15, -0.1) is 6.58 Å². The van der Waals surface area contributed by atoms with Gasteiger partial charge in [0.15, 0.2) is 5.75 Å². The van der Waals surface area contributed by atoms with Crippen molar-refractivity contribution in [3.8, 4) is 5.75 Å². The van der Waals surface area contributed by atoms with Crippen molar-refractivity contribution in [2.45, 2.75) is 6.42 Å². The summed E-state index contributed by atoms with van der Waals surface area (Å²) >= 11 is 0. The molecule has 0 aliphatic carbocycles. The van der Waals surface area contributed by atoms with Gasteiger partial charge in [0, 0.05) is 0 Å². The molecular formula is C10H13N3O3. The minimum Gasteiger partial charge on any atom is -0.486 e. The second-order valence-electron chi connectivity index (χ2n) is 2.98. The fraction of sp³-hybridized carbons (Fsp3) is 0.200. The Balaban J connectivity index is 2.97. The van der Waals surface area contributed by atoms with Crippen LogP contribution in [0.1, 0.15) is 6.42 Å². The van der Waals surface area contributed by atoms with Crippen LogP contribution in [0.5, 0.6) is 5.75 Å². The quantitative estimate of drug-likeness (QED) is 0.252. The number of nitro groups is 1. The molecule has 6 heteroatoms. The van der Waals surface area contributed by atoms with Crippen molar-refractivity contribution in [3.05, 3.63) is 41.0 Å². The van der Waals surface area contributed by atoms with Gasteiger partial charge in [-0.3, -0.25) is 16.0 Å². The summed E-state index contributed by atoms with van der Waals surface area (Å²) in [7, 11) is 0. The van der Waals surface area contributed by atoms with E-state index in [0.29, 0.717) is 13.0 Å². The molecule has 0 aromatic heterocycles. The maximum Gasteiger partial charge on any atom is 0.335 e. The molecule has 6 nitrogen and oxygen atoms in total. The van der Waals surface area contributed by atoms with Crippen LogP contribution < -0.4 is 16.0 Å². The number of nitrogens with one attached hydrogen (secondary N) is 1. The highest BCUT2D eigenvalue weighted by atomic mass is 16.6. The van der Waals surface area contributed by atoms with Crippen molar-refractivity contribution in [1.82, 2.24) is 0 Å². The fourth-order valence-corrected chi connectivity index (χ4v) is 1.20. The number of benzene rings is 1. The van der Waals surface area contributed by atoms with Crippen LogP contribution in [0.4, 0.5) is 11.4 Å². The lowest BCUT2D eigenvalue weighted by molar-refractivity contribution is -0.385. The highest BCUT2D eigenvalue weighted by molar-refractivity contribution is 5.67. The number of nitrogen functional groups attached to an aromatic ring is 1. The van der Waals surface area contributed by atoms with Crippen molar-refractivity contribution in [2.24, 2.45) is 5.84 Å². The lowest BCUT2D eigenvalue weighted by atomic mass is 10.2. The Morgan fingerprint density at radius 1 is 1.62 bits per heavy atom. The minimum absolute atomic E-state index is 0.158. The Labute approximate surface area is 92.8 Å². The van der Waals surface area contributed by atoms with E-state index in [9.17, 15) is 10.1 Å². The van der Waals surface area contributed by atoms with E-state index in [1.165, 1.54) is 12.1 Å². The minimum atomic E-state index is -0.529. The van der Waals surface area contributed by atoms with E-state index in [2.05, 4.69) is 12.0 Å². The van der Waals surface area contributed by atoms with Gasteiger partial charge in [-0.1, -0.05) is 12.1 Å². The summed E-state index contributed by atoms with van der Waals surface area (Å²) in [5.74, 6) is 5.38. The average Bonchev–Trinajstić information content (AvgIpc) is 2.28. The van der Waals surface area contributed by atoms with E-state index in [-0.39, 0.29) is 17.1 Å². The molecule has 0 unspecified atom stereocenters. The number of rotatable bonds is 6. The first-order valence-electron chi connectivity index (χ1n) is 4.68. The normalized spacial score (nSPS) is 9.56. The van der Waals surface area contributed by atoms with E-state index < -0.39 is 4.92 Å². The molecule has 0 spiro atoms. The first-order valence-corrected chi connectivity index (χ1v) is 4.68. The molecule has 1 aromatic carbocycles. The second kappa shape index (κ2) is 5.72. The van der Waals surface area contributed by atoms with Gasteiger partial charge in [-0.2, -0.15) is 0 Å². The first kappa shape index (κ1) is 12.0. The third kappa shape index (κ3) is 2.71. The summed E-state index contributed by atoms with van der Waals surface area (Å²) in [6.07, 6.45) is 2.30. The van der Waals surface area contributed by atoms with Gasteiger partial charge in [0.1, 0.15) is 5.69 Å². The zero-order valence-electron chi connectivity index (χ0n) is 8.68. The highest BCUT2D eigenvalue weighted by Crippen LogP contribution is 2.34. The molecule has 16 heavy (non-hydrogen) atoms. The van der Waals surface area contributed by atoms with Crippen molar-refractivity contribution in [2.75, 3.05) is 12.0 Å². The maximum absolute atomic E-state index is 10.8. The molecule has 1 aromatic rings. The van der Waals surface area contributed by atoms with E-state index in [0.717, 1.165) is 0 Å². The number of nitro benzene ring substituents is 1. The molecule has 0 amide bonds. The van der Waals surface area contributed by atoms with Crippen molar-refractivity contribution < 1.29 is 9.66 Å². The maximum atomic E-state index is 10.8. The highest BCUT2D eigenvalue weighted by Gasteiger charge is 2.20. The van der Waals surface area contributed by atoms with Crippen LogP contribution in [0.2, 0.25) is 0 Å². The molecule has 0 saturated heterocycles. The van der Waals surface area contributed by atoms with Gasteiger partial charge in [-0.25, -0.2) is 0 Å². The molecule has 3 N–H and O–H groups in total. The van der Waals surface area contributed by atoms with E-state index in [4.69, 9.17) is 10.6 Å². The number of anilines is 1. The number of hydrazine groups is 1. The van der Waals surface area contributed by atoms with Gasteiger partial charge in [0.25, 0.3) is 0 Å². The van der Waals surface area contributed by atoms with Crippen molar-refractivity contribution >= 4 is 11.4 Å². The van der Waals surface area contributed by atoms with E-state index in [1.54, 1.807) is 12.1 Å². The summed E-state index contributed by atoms with van der Waals surface area (Å²) in [4.78, 5) is 10.3.